The topological polar surface area (TPSA) is 109 Å². The quantitative estimate of drug-likeness (QED) is 0.101. The molecule has 0 unspecified atom stereocenters. The average Bonchev–Trinajstić information content (AvgIpc) is 3.62. The number of para-hydroxylation sites is 1. The normalized spacial score (nSPS) is 11.4. The third-order valence-electron chi connectivity index (χ3n) is 7.31. The number of aliphatic carboxylic acids is 1. The lowest BCUT2D eigenvalue weighted by atomic mass is 10.00. The van der Waals surface area contributed by atoms with Gasteiger partial charge in [0.1, 0.15) is 18.1 Å². The fraction of sp³-hybridized carbons (Fsp3) is 0.162. The van der Waals surface area contributed by atoms with Gasteiger partial charge in [0.2, 0.25) is 0 Å². The molecule has 0 radical (unpaired) electrons. The molecule has 4 aromatic carbocycles. The van der Waals surface area contributed by atoms with Gasteiger partial charge in [0.15, 0.2) is 5.78 Å². The van der Waals surface area contributed by atoms with Crippen LogP contribution in [0.25, 0.3) is 0 Å². The van der Waals surface area contributed by atoms with E-state index in [0.717, 1.165) is 11.1 Å². The van der Waals surface area contributed by atoms with Crippen molar-refractivity contribution in [2.24, 2.45) is 0 Å². The highest BCUT2D eigenvalue weighted by atomic mass is 16.5. The molecule has 0 aliphatic carbocycles. The Morgan fingerprint density at radius 1 is 0.778 bits per heavy atom. The predicted molar refractivity (Wildman–Crippen MR) is 172 cm³/mol. The van der Waals surface area contributed by atoms with E-state index in [0.29, 0.717) is 54.2 Å². The number of carbonyl (C=O) groups is 3. The summed E-state index contributed by atoms with van der Waals surface area (Å²) in [5.41, 5.74) is 3.74. The average molecular weight is 603 g/mol. The van der Waals surface area contributed by atoms with Gasteiger partial charge in [0.25, 0.3) is 5.91 Å². The number of benzene rings is 4. The Morgan fingerprint density at radius 2 is 1.47 bits per heavy atom. The van der Waals surface area contributed by atoms with Crippen molar-refractivity contribution in [3.05, 3.63) is 156 Å². The third kappa shape index (κ3) is 8.48. The first kappa shape index (κ1) is 30.8. The summed E-state index contributed by atoms with van der Waals surface area (Å²) in [5, 5.41) is 13.0. The summed E-state index contributed by atoms with van der Waals surface area (Å²) < 4.78 is 11.0. The van der Waals surface area contributed by atoms with Gasteiger partial charge >= 0.3 is 5.97 Å². The highest BCUT2D eigenvalue weighted by Crippen LogP contribution is 2.22. The summed E-state index contributed by atoms with van der Waals surface area (Å²) in [4.78, 5) is 40.1. The molecule has 0 saturated heterocycles. The van der Waals surface area contributed by atoms with E-state index in [1.807, 2.05) is 48.5 Å². The molecular formula is C37H34N2O6. The number of ether oxygens (including phenoxy) is 1. The van der Waals surface area contributed by atoms with Crippen LogP contribution < -0.4 is 10.1 Å². The molecule has 0 fully saturated rings. The van der Waals surface area contributed by atoms with Gasteiger partial charge in [-0.15, -0.1) is 0 Å². The molecule has 0 aliphatic heterocycles. The zero-order valence-electron chi connectivity index (χ0n) is 24.7. The van der Waals surface area contributed by atoms with Crippen molar-refractivity contribution in [3.63, 3.8) is 0 Å². The maximum Gasteiger partial charge on any atom is 0.326 e. The Labute approximate surface area is 261 Å². The third-order valence-corrected chi connectivity index (χ3v) is 7.31. The first-order valence-electron chi connectivity index (χ1n) is 14.7. The van der Waals surface area contributed by atoms with E-state index in [2.05, 4.69) is 5.32 Å². The molecule has 0 bridgehead atoms. The number of rotatable bonds is 15. The number of anilines is 1. The second kappa shape index (κ2) is 15.2. The van der Waals surface area contributed by atoms with Crippen LogP contribution in [0.1, 0.15) is 43.8 Å². The van der Waals surface area contributed by atoms with Gasteiger partial charge in [0.05, 0.1) is 18.4 Å². The SMILES string of the molecule is O=C(c1ccccc1)c1ccccc1N[C@@H](Cc1ccc(OCCCN(Cc2ccccc2)C(=O)c2ccoc2)cc1)C(=O)O. The van der Waals surface area contributed by atoms with E-state index in [1.165, 1.54) is 12.5 Å². The summed E-state index contributed by atoms with van der Waals surface area (Å²) in [6.45, 7) is 1.37. The monoisotopic (exact) mass is 602 g/mol. The van der Waals surface area contributed by atoms with Crippen molar-refractivity contribution in [1.29, 1.82) is 0 Å². The van der Waals surface area contributed by atoms with E-state index in [1.54, 1.807) is 71.6 Å². The molecule has 5 rings (SSSR count). The van der Waals surface area contributed by atoms with E-state index in [-0.39, 0.29) is 18.1 Å². The molecule has 0 saturated carbocycles. The summed E-state index contributed by atoms with van der Waals surface area (Å²) >= 11 is 0. The summed E-state index contributed by atoms with van der Waals surface area (Å²) in [7, 11) is 0. The van der Waals surface area contributed by atoms with Gasteiger partial charge in [-0.2, -0.15) is 0 Å². The number of nitrogens with one attached hydrogen (secondary N) is 1. The number of furan rings is 1. The molecule has 45 heavy (non-hydrogen) atoms. The zero-order valence-corrected chi connectivity index (χ0v) is 24.7. The largest absolute Gasteiger partial charge is 0.494 e. The van der Waals surface area contributed by atoms with Gasteiger partial charge < -0.3 is 24.5 Å². The Kier molecular flexibility index (Phi) is 10.4. The molecule has 8 heteroatoms. The number of carboxylic acid groups (broad SMARTS) is 1. The molecule has 8 nitrogen and oxygen atoms in total. The van der Waals surface area contributed by atoms with Crippen LogP contribution in [0.2, 0.25) is 0 Å². The minimum atomic E-state index is -1.03. The van der Waals surface area contributed by atoms with E-state index >= 15 is 0 Å². The van der Waals surface area contributed by atoms with Crippen LogP contribution in [0.5, 0.6) is 5.75 Å². The van der Waals surface area contributed by atoms with Crippen molar-refractivity contribution < 1.29 is 28.6 Å². The highest BCUT2D eigenvalue weighted by Gasteiger charge is 2.22. The minimum absolute atomic E-state index is 0.106. The molecule has 228 valence electrons. The molecule has 2 N–H and O–H groups in total. The number of carbonyl (C=O) groups excluding carboxylic acids is 2. The maximum absolute atomic E-state index is 13.1. The van der Waals surface area contributed by atoms with Crippen molar-refractivity contribution in [1.82, 2.24) is 4.90 Å². The Hall–Kier alpha value is -5.63. The minimum Gasteiger partial charge on any atom is -0.494 e. The van der Waals surface area contributed by atoms with Crippen molar-refractivity contribution in [3.8, 4) is 5.75 Å². The lowest BCUT2D eigenvalue weighted by Crippen LogP contribution is -2.32. The van der Waals surface area contributed by atoms with Crippen LogP contribution in [-0.4, -0.2) is 46.9 Å². The van der Waals surface area contributed by atoms with Gasteiger partial charge in [0, 0.05) is 36.3 Å². The molecule has 1 amide bonds. The van der Waals surface area contributed by atoms with Gasteiger partial charge in [-0.3, -0.25) is 9.59 Å². The highest BCUT2D eigenvalue weighted by molar-refractivity contribution is 6.12. The standard InChI is InChI=1S/C37H34N2O6/c40-35(29-12-5-2-6-13-29)32-14-7-8-15-33(32)38-34(37(42)43)24-27-16-18-31(19-17-27)45-22-9-21-39(25-28-10-3-1-4-11-28)36(41)30-20-23-44-26-30/h1-8,10-20,23,26,34,38H,9,21-22,24-25H2,(H,42,43)/t34-/m0/s1. The fourth-order valence-electron chi connectivity index (χ4n) is 4.97. The van der Waals surface area contributed by atoms with Crippen molar-refractivity contribution >= 4 is 23.3 Å². The Bertz CT molecular complexity index is 1690. The molecule has 1 aromatic heterocycles. The molecule has 1 atom stereocenters. The first-order valence-corrected chi connectivity index (χ1v) is 14.7. The molecule has 5 aromatic rings. The van der Waals surface area contributed by atoms with Crippen LogP contribution in [0.15, 0.2) is 132 Å². The van der Waals surface area contributed by atoms with Crippen LogP contribution in [0, 0.1) is 0 Å². The number of amides is 1. The number of carboxylic acids is 1. The number of nitrogens with zero attached hydrogens (tertiary/aromatic N) is 1. The first-order chi connectivity index (χ1) is 22.0. The molecular weight excluding hydrogens is 568 g/mol. The number of hydrogen-bond acceptors (Lipinski definition) is 6. The summed E-state index contributed by atoms with van der Waals surface area (Å²) in [5.74, 6) is -0.667. The Morgan fingerprint density at radius 3 is 2.16 bits per heavy atom. The van der Waals surface area contributed by atoms with Crippen LogP contribution in [0.4, 0.5) is 5.69 Å². The lowest BCUT2D eigenvalue weighted by molar-refractivity contribution is -0.137. The van der Waals surface area contributed by atoms with Gasteiger partial charge in [-0.25, -0.2) is 4.79 Å². The molecule has 0 spiro atoms. The zero-order chi connectivity index (χ0) is 31.4. The molecule has 1 heterocycles. The lowest BCUT2D eigenvalue weighted by Gasteiger charge is -2.22. The summed E-state index contributed by atoms with van der Waals surface area (Å²) in [6, 6.07) is 33.6. The summed E-state index contributed by atoms with van der Waals surface area (Å²) in [6.07, 6.45) is 3.76. The van der Waals surface area contributed by atoms with Crippen molar-refractivity contribution in [2.45, 2.75) is 25.4 Å². The fourth-order valence-corrected chi connectivity index (χ4v) is 4.97. The number of ketones is 1. The van der Waals surface area contributed by atoms with E-state index in [4.69, 9.17) is 9.15 Å². The number of hydrogen-bond donors (Lipinski definition) is 2. The van der Waals surface area contributed by atoms with E-state index < -0.39 is 12.0 Å². The van der Waals surface area contributed by atoms with Crippen LogP contribution >= 0.6 is 0 Å². The van der Waals surface area contributed by atoms with Crippen molar-refractivity contribution in [2.75, 3.05) is 18.5 Å². The molecule has 0 aliphatic rings. The predicted octanol–water partition coefficient (Wildman–Crippen LogP) is 6.73. The smallest absolute Gasteiger partial charge is 0.326 e. The second-order valence-corrected chi connectivity index (χ2v) is 10.6. The Balaban J connectivity index is 1.16. The van der Waals surface area contributed by atoms with Crippen LogP contribution in [0.3, 0.4) is 0 Å². The van der Waals surface area contributed by atoms with Gasteiger partial charge in [-0.05, 0) is 47.9 Å². The van der Waals surface area contributed by atoms with Gasteiger partial charge in [-0.1, -0.05) is 84.9 Å². The van der Waals surface area contributed by atoms with Crippen LogP contribution in [-0.2, 0) is 17.8 Å². The second-order valence-electron chi connectivity index (χ2n) is 10.6. The maximum atomic E-state index is 13.1. The van der Waals surface area contributed by atoms with E-state index in [9.17, 15) is 19.5 Å².